The lowest BCUT2D eigenvalue weighted by molar-refractivity contribution is -0.136. The Bertz CT molecular complexity index is 338. The van der Waals surface area contributed by atoms with Crippen LogP contribution in [0.15, 0.2) is 0 Å². The number of aromatic nitrogens is 2. The third-order valence-corrected chi connectivity index (χ3v) is 3.28. The van der Waals surface area contributed by atoms with Gasteiger partial charge in [0.15, 0.2) is 0 Å². The van der Waals surface area contributed by atoms with E-state index in [1.165, 1.54) is 11.5 Å². The zero-order valence-corrected chi connectivity index (χ0v) is 10.7. The summed E-state index contributed by atoms with van der Waals surface area (Å²) < 4.78 is 40.5. The predicted octanol–water partition coefficient (Wildman–Crippen LogP) is 3.09. The van der Waals surface area contributed by atoms with E-state index in [4.69, 9.17) is 0 Å². The SMILES string of the molecule is CCNC(CCC(F)(F)F)c1snnc1CC. The fraction of sp³-hybridized carbons (Fsp3) is 0.800. The number of rotatable bonds is 6. The van der Waals surface area contributed by atoms with Gasteiger partial charge < -0.3 is 5.32 Å². The molecule has 1 rings (SSSR count). The Kier molecular flexibility index (Phi) is 5.32. The summed E-state index contributed by atoms with van der Waals surface area (Å²) in [4.78, 5) is 0.832. The van der Waals surface area contributed by atoms with Crippen LogP contribution in [0.1, 0.15) is 43.3 Å². The van der Waals surface area contributed by atoms with E-state index in [0.29, 0.717) is 13.0 Å². The van der Waals surface area contributed by atoms with E-state index in [-0.39, 0.29) is 12.5 Å². The van der Waals surface area contributed by atoms with Crippen molar-refractivity contribution in [2.24, 2.45) is 0 Å². The highest BCUT2D eigenvalue weighted by molar-refractivity contribution is 7.05. The van der Waals surface area contributed by atoms with Gasteiger partial charge >= 0.3 is 6.18 Å². The first kappa shape index (κ1) is 14.4. The third kappa shape index (κ3) is 4.59. The van der Waals surface area contributed by atoms with Gasteiger partial charge in [-0.1, -0.05) is 18.3 Å². The van der Waals surface area contributed by atoms with Crippen molar-refractivity contribution in [3.63, 3.8) is 0 Å². The molecule has 7 heteroatoms. The molecule has 0 aliphatic rings. The molecule has 1 N–H and O–H groups in total. The van der Waals surface area contributed by atoms with Gasteiger partial charge in [-0.15, -0.1) is 5.10 Å². The number of aryl methyl sites for hydroxylation is 1. The molecule has 3 nitrogen and oxygen atoms in total. The monoisotopic (exact) mass is 267 g/mol. The largest absolute Gasteiger partial charge is 0.389 e. The average molecular weight is 267 g/mol. The molecule has 0 saturated heterocycles. The number of hydrogen-bond acceptors (Lipinski definition) is 4. The molecule has 0 radical (unpaired) electrons. The molecule has 0 aliphatic heterocycles. The van der Waals surface area contributed by atoms with E-state index in [9.17, 15) is 13.2 Å². The van der Waals surface area contributed by atoms with E-state index in [1.807, 2.05) is 13.8 Å². The molecule has 98 valence electrons. The van der Waals surface area contributed by atoms with Crippen LogP contribution in [-0.4, -0.2) is 22.3 Å². The molecule has 0 aromatic carbocycles. The van der Waals surface area contributed by atoms with Gasteiger partial charge in [-0.25, -0.2) is 0 Å². The van der Waals surface area contributed by atoms with Crippen LogP contribution in [-0.2, 0) is 6.42 Å². The zero-order valence-electron chi connectivity index (χ0n) is 9.84. The Hall–Kier alpha value is -0.690. The summed E-state index contributed by atoms with van der Waals surface area (Å²) in [5, 5.41) is 6.99. The lowest BCUT2D eigenvalue weighted by Gasteiger charge is -2.17. The number of nitrogens with zero attached hydrogens (tertiary/aromatic N) is 2. The molecule has 1 aromatic heterocycles. The Morgan fingerprint density at radius 3 is 2.59 bits per heavy atom. The van der Waals surface area contributed by atoms with Crippen LogP contribution in [0.2, 0.25) is 0 Å². The maximum absolute atomic E-state index is 12.2. The number of hydrogen-bond donors (Lipinski definition) is 1. The first-order valence-corrected chi connectivity index (χ1v) is 6.36. The maximum Gasteiger partial charge on any atom is 0.389 e. The predicted molar refractivity (Wildman–Crippen MR) is 61.0 cm³/mol. The van der Waals surface area contributed by atoms with Crippen LogP contribution >= 0.6 is 11.5 Å². The summed E-state index contributed by atoms with van der Waals surface area (Å²) in [5.74, 6) is 0. The van der Waals surface area contributed by atoms with Gasteiger partial charge in [0.25, 0.3) is 0 Å². The number of halogens is 3. The molecule has 0 bridgehead atoms. The summed E-state index contributed by atoms with van der Waals surface area (Å²) in [6.07, 6.45) is -4.17. The first-order valence-electron chi connectivity index (χ1n) is 5.59. The average Bonchev–Trinajstić information content (AvgIpc) is 2.70. The molecule has 1 aromatic rings. The minimum Gasteiger partial charge on any atom is -0.309 e. The summed E-state index contributed by atoms with van der Waals surface area (Å²) in [7, 11) is 0. The van der Waals surface area contributed by atoms with Crippen molar-refractivity contribution in [2.45, 2.75) is 45.3 Å². The summed E-state index contributed by atoms with van der Waals surface area (Å²) in [6.45, 7) is 4.43. The molecule has 0 fully saturated rings. The van der Waals surface area contributed by atoms with Gasteiger partial charge in [0, 0.05) is 12.5 Å². The van der Waals surface area contributed by atoms with Crippen LogP contribution in [0.4, 0.5) is 13.2 Å². The van der Waals surface area contributed by atoms with Crippen molar-refractivity contribution in [1.29, 1.82) is 0 Å². The van der Waals surface area contributed by atoms with Gasteiger partial charge in [0.1, 0.15) is 0 Å². The smallest absolute Gasteiger partial charge is 0.309 e. The van der Waals surface area contributed by atoms with Crippen LogP contribution in [0.5, 0.6) is 0 Å². The van der Waals surface area contributed by atoms with Gasteiger partial charge in [-0.3, -0.25) is 0 Å². The van der Waals surface area contributed by atoms with Crippen molar-refractivity contribution in [3.8, 4) is 0 Å². The highest BCUT2D eigenvalue weighted by Gasteiger charge is 2.29. The highest BCUT2D eigenvalue weighted by atomic mass is 32.1. The molecular formula is C10H16F3N3S. The Labute approximate surface area is 103 Å². The standard InChI is InChI=1S/C10H16F3N3S/c1-3-7-9(17-16-15-7)8(14-4-2)5-6-10(11,12)13/h8,14H,3-6H2,1-2H3. The van der Waals surface area contributed by atoms with Gasteiger partial charge in [0.05, 0.1) is 10.6 Å². The summed E-state index contributed by atoms with van der Waals surface area (Å²) in [5.41, 5.74) is 0.795. The first-order chi connectivity index (χ1) is 7.98. The van der Waals surface area contributed by atoms with Crippen LogP contribution in [0.3, 0.4) is 0 Å². The second-order valence-corrected chi connectivity index (χ2v) is 4.49. The molecule has 1 atom stereocenters. The maximum atomic E-state index is 12.2. The van der Waals surface area contributed by atoms with E-state index in [0.717, 1.165) is 10.6 Å². The summed E-state index contributed by atoms with van der Waals surface area (Å²) in [6, 6.07) is -0.295. The minimum absolute atomic E-state index is 0.0359. The minimum atomic E-state index is -4.11. The fourth-order valence-electron chi connectivity index (χ4n) is 1.61. The van der Waals surface area contributed by atoms with E-state index >= 15 is 0 Å². The summed E-state index contributed by atoms with van der Waals surface area (Å²) >= 11 is 1.18. The molecule has 0 aliphatic carbocycles. The molecule has 1 unspecified atom stereocenters. The van der Waals surface area contributed by atoms with Gasteiger partial charge in [-0.05, 0) is 30.9 Å². The Balaban J connectivity index is 2.71. The molecule has 0 amide bonds. The Morgan fingerprint density at radius 2 is 2.06 bits per heavy atom. The lowest BCUT2D eigenvalue weighted by atomic mass is 10.1. The van der Waals surface area contributed by atoms with Crippen LogP contribution in [0.25, 0.3) is 0 Å². The van der Waals surface area contributed by atoms with Crippen molar-refractivity contribution >= 4 is 11.5 Å². The number of alkyl halides is 3. The molecule has 0 saturated carbocycles. The van der Waals surface area contributed by atoms with E-state index in [1.54, 1.807) is 0 Å². The lowest BCUT2D eigenvalue weighted by Crippen LogP contribution is -2.23. The van der Waals surface area contributed by atoms with Crippen LogP contribution < -0.4 is 5.32 Å². The zero-order chi connectivity index (χ0) is 12.9. The quantitative estimate of drug-likeness (QED) is 0.860. The Morgan fingerprint density at radius 1 is 1.35 bits per heavy atom. The molecule has 0 spiro atoms. The topological polar surface area (TPSA) is 37.8 Å². The van der Waals surface area contributed by atoms with Crippen LogP contribution in [0, 0.1) is 0 Å². The molecular weight excluding hydrogens is 251 g/mol. The third-order valence-electron chi connectivity index (χ3n) is 2.40. The van der Waals surface area contributed by atoms with E-state index in [2.05, 4.69) is 14.9 Å². The molecule has 1 heterocycles. The van der Waals surface area contributed by atoms with Gasteiger partial charge in [-0.2, -0.15) is 13.2 Å². The second kappa shape index (κ2) is 6.30. The van der Waals surface area contributed by atoms with Crippen molar-refractivity contribution in [3.05, 3.63) is 10.6 Å². The van der Waals surface area contributed by atoms with E-state index < -0.39 is 12.6 Å². The highest BCUT2D eigenvalue weighted by Crippen LogP contribution is 2.30. The van der Waals surface area contributed by atoms with Gasteiger partial charge in [0.2, 0.25) is 0 Å². The second-order valence-electron chi connectivity index (χ2n) is 3.70. The van der Waals surface area contributed by atoms with Crippen molar-refractivity contribution in [1.82, 2.24) is 14.9 Å². The normalized spacial score (nSPS) is 13.9. The number of nitrogens with one attached hydrogen (secondary N) is 1. The van der Waals surface area contributed by atoms with Crippen molar-refractivity contribution in [2.75, 3.05) is 6.54 Å². The van der Waals surface area contributed by atoms with Crippen molar-refractivity contribution < 1.29 is 13.2 Å². The molecule has 17 heavy (non-hydrogen) atoms. The fourth-order valence-corrected chi connectivity index (χ4v) is 2.45.